The lowest BCUT2D eigenvalue weighted by Crippen LogP contribution is -2.29. The van der Waals surface area contributed by atoms with Crippen LogP contribution in [-0.2, 0) is 15.7 Å². The number of ketones is 1. The van der Waals surface area contributed by atoms with E-state index in [1.54, 1.807) is 42.9 Å². The molecule has 26 N–H and O–H groups in total. The molecule has 0 aromatic carbocycles. The fourth-order valence-corrected chi connectivity index (χ4v) is 13.5. The van der Waals surface area contributed by atoms with Gasteiger partial charge in [-0.2, -0.15) is 48.1 Å². The van der Waals surface area contributed by atoms with Crippen LogP contribution in [-0.4, -0.2) is 225 Å². The molecule has 42 nitrogen and oxygen atoms in total. The third kappa shape index (κ3) is 30.7. The first kappa shape index (κ1) is 104. The molecule has 1 fully saturated rings. The van der Waals surface area contributed by atoms with Crippen LogP contribution >= 0.6 is 23.2 Å². The van der Waals surface area contributed by atoms with Crippen LogP contribution in [0.15, 0.2) is 97.6 Å². The van der Waals surface area contributed by atoms with E-state index in [0.717, 1.165) is 125 Å². The maximum atomic E-state index is 13.4. The second-order valence-electron chi connectivity index (χ2n) is 30.3. The molecule has 15 heterocycles. The van der Waals surface area contributed by atoms with Gasteiger partial charge in [0.25, 0.3) is 0 Å². The molecule has 0 bridgehead atoms. The number of nitrogens with two attached hydrogens (primary N) is 7. The van der Waals surface area contributed by atoms with Crippen LogP contribution in [0.2, 0.25) is 10.2 Å². The first-order valence-corrected chi connectivity index (χ1v) is 44.2. The number of unbranched alkanes of at least 4 members (excludes halogenated alkanes) is 2. The van der Waals surface area contributed by atoms with Gasteiger partial charge in [-0.15, -0.1) is 0 Å². The van der Waals surface area contributed by atoms with E-state index in [1.165, 1.54) is 12.3 Å². The smallest absolute Gasteiger partial charge is 0.394 e. The fourth-order valence-electron chi connectivity index (χ4n) is 13.2. The minimum atomic E-state index is -4.50. The van der Waals surface area contributed by atoms with Gasteiger partial charge < -0.3 is 108 Å². The number of aliphatic hydroxyl groups is 5. The van der Waals surface area contributed by atoms with Crippen molar-refractivity contribution >= 4 is 189 Å². The lowest BCUT2D eigenvalue weighted by atomic mass is 10.1. The van der Waals surface area contributed by atoms with Crippen molar-refractivity contribution in [1.29, 1.82) is 0 Å². The average Bonchev–Trinajstić information content (AvgIpc) is 0.968. The number of anilines is 14. The Bertz CT molecular complexity index is 6150. The number of nitrogens with one attached hydrogen (secondary N) is 7. The molecule has 1 aliphatic heterocycles. The van der Waals surface area contributed by atoms with Gasteiger partial charge in [0.1, 0.15) is 44.3 Å². The Labute approximate surface area is 777 Å². The Morgan fingerprint density at radius 1 is 0.440 bits per heavy atom. The van der Waals surface area contributed by atoms with Crippen molar-refractivity contribution in [3.63, 3.8) is 0 Å². The quantitative estimate of drug-likeness (QED) is 0.0103. The van der Waals surface area contributed by atoms with Crippen LogP contribution in [0.4, 0.5) is 99.9 Å². The summed E-state index contributed by atoms with van der Waals surface area (Å²) < 4.78 is 57.0. The zero-order valence-corrected chi connectivity index (χ0v) is 76.5. The van der Waals surface area contributed by atoms with Crippen molar-refractivity contribution in [2.24, 2.45) is 0 Å². The molecule has 0 spiro atoms. The number of aliphatic hydroxyl groups excluding tert-OH is 5. The number of hydrogen-bond donors (Lipinski definition) is 19. The molecule has 134 heavy (non-hydrogen) atoms. The lowest BCUT2D eigenvalue weighted by molar-refractivity contribution is -0.141. The summed E-state index contributed by atoms with van der Waals surface area (Å²) in [5, 5.41) is 68.0. The normalized spacial score (nSPS) is 13.1. The number of carbonyl (C=O) groups excluding carboxylic acids is 1. The molecular formula is C86H113Cl2F4N35O7. The number of nitrogens with zero attached hydrogens (tertiary/aromatic N) is 21. The number of Topliss-reactive ketones (excluding diaryl/α,β-unsaturated/α-hetero) is 1. The van der Waals surface area contributed by atoms with Crippen molar-refractivity contribution in [2.45, 2.75) is 181 Å². The highest BCUT2D eigenvalue weighted by molar-refractivity contribution is 6.31. The number of fused-ring (bicyclic) bond motifs is 7. The Morgan fingerprint density at radius 2 is 0.836 bits per heavy atom. The molecular weight excluding hydrogens is 1780 g/mol. The number of pyridine rings is 7. The minimum Gasteiger partial charge on any atom is -0.394 e. The van der Waals surface area contributed by atoms with Gasteiger partial charge in [0.05, 0.1) is 113 Å². The van der Waals surface area contributed by atoms with E-state index in [2.05, 4.69) is 156 Å². The topological polar surface area (TPSA) is 664 Å². The highest BCUT2D eigenvalue weighted by Crippen LogP contribution is 2.33. The summed E-state index contributed by atoms with van der Waals surface area (Å²) in [7, 11) is 0. The van der Waals surface area contributed by atoms with Crippen molar-refractivity contribution < 1.29 is 52.6 Å². The van der Waals surface area contributed by atoms with E-state index in [1.807, 2.05) is 65.0 Å². The average molecular weight is 1900 g/mol. The van der Waals surface area contributed by atoms with Crippen molar-refractivity contribution in [1.82, 2.24) is 105 Å². The number of nitrogen functional groups attached to an aromatic ring is 7. The number of aryl methyl sites for hydroxylation is 1. The maximum absolute atomic E-state index is 13.4. The molecule has 0 amide bonds. The van der Waals surface area contributed by atoms with Crippen LogP contribution in [0.5, 0.6) is 0 Å². The molecule has 0 radical (unpaired) electrons. The van der Waals surface area contributed by atoms with Gasteiger partial charge >= 0.3 is 6.18 Å². The molecule has 15 rings (SSSR count). The molecule has 716 valence electrons. The summed E-state index contributed by atoms with van der Waals surface area (Å²) in [6, 6.07) is 18.5. The lowest BCUT2D eigenvalue weighted by Gasteiger charge is -2.17. The van der Waals surface area contributed by atoms with Crippen LogP contribution < -0.4 is 77.4 Å². The molecule has 1 aliphatic rings. The summed E-state index contributed by atoms with van der Waals surface area (Å²) in [5.41, 5.74) is 46.9. The number of aromatic nitrogens is 21. The van der Waals surface area contributed by atoms with Gasteiger partial charge in [-0.25, -0.2) is 59.2 Å². The van der Waals surface area contributed by atoms with Gasteiger partial charge in [-0.05, 0) is 119 Å². The third-order valence-electron chi connectivity index (χ3n) is 19.7. The summed E-state index contributed by atoms with van der Waals surface area (Å²) in [4.78, 5) is 98.0. The molecule has 1 saturated heterocycles. The van der Waals surface area contributed by atoms with Crippen LogP contribution in [0.1, 0.15) is 143 Å². The Kier molecular flexibility index (Phi) is 40.4. The van der Waals surface area contributed by atoms with Crippen molar-refractivity contribution in [3.05, 3.63) is 125 Å². The largest absolute Gasteiger partial charge is 0.433 e. The summed E-state index contributed by atoms with van der Waals surface area (Å²) in [5.74, 6) is 3.65. The predicted molar refractivity (Wildman–Crippen MR) is 515 cm³/mol. The van der Waals surface area contributed by atoms with Gasteiger partial charge in [0.2, 0.25) is 41.6 Å². The van der Waals surface area contributed by atoms with Gasteiger partial charge in [-0.1, -0.05) is 103 Å². The number of carbonyl (C=O) groups is 1. The van der Waals surface area contributed by atoms with E-state index >= 15 is 0 Å². The second-order valence-corrected chi connectivity index (χ2v) is 31.1. The van der Waals surface area contributed by atoms with Crippen molar-refractivity contribution in [3.8, 4) is 0 Å². The highest BCUT2D eigenvalue weighted by Gasteiger charge is 2.33. The Hall–Kier alpha value is -13.6. The first-order chi connectivity index (χ1) is 64.4. The molecule has 0 saturated carbocycles. The monoisotopic (exact) mass is 1890 g/mol. The first-order valence-electron chi connectivity index (χ1n) is 43.4. The van der Waals surface area contributed by atoms with Gasteiger partial charge in [0.15, 0.2) is 57.5 Å². The molecule has 0 aliphatic carbocycles. The SMILES string of the molecule is CCCCNc1nc(N)nc2ccc(C(F)(F)F)nc12.CCCC[C@H](CO)Nc1nc(N)nc2cc(Cl)cnc12.CCC[C@@H](CO)Nc1nc(N)nc2cc(F)c(Cl)nc12.CCC[C@@H](CO)Nc1nc(N)nc2ccc(C)nc12.CCC[C@H](Nc1nc(N)nc2cccnc12)C(=O)CC.Nc1nc(NC(CO)CO)c2ncccc2n1.Nc1nc(NCC2CCCO2)c2ncccc2n1. The summed E-state index contributed by atoms with van der Waals surface area (Å²) >= 11 is 11.6. The summed E-state index contributed by atoms with van der Waals surface area (Å²) in [6.45, 7) is 15.7. The zero-order chi connectivity index (χ0) is 97.0. The number of rotatable bonds is 33. The third-order valence-corrected chi connectivity index (χ3v) is 20.2. The number of hydrogen-bond acceptors (Lipinski definition) is 42. The molecule has 14 aromatic heterocycles. The Balaban J connectivity index is 0.000000176. The number of alkyl halides is 3. The maximum Gasteiger partial charge on any atom is 0.433 e. The van der Waals surface area contributed by atoms with Gasteiger partial charge in [-0.3, -0.25) is 19.7 Å². The van der Waals surface area contributed by atoms with Crippen LogP contribution in [0.3, 0.4) is 0 Å². The van der Waals surface area contributed by atoms with E-state index in [4.69, 9.17) is 78.3 Å². The van der Waals surface area contributed by atoms with Crippen LogP contribution in [0, 0.1) is 12.7 Å². The van der Waals surface area contributed by atoms with E-state index < -0.39 is 23.7 Å². The summed E-state index contributed by atoms with van der Waals surface area (Å²) in [6.07, 6.45) is 14.9. The highest BCUT2D eigenvalue weighted by atomic mass is 35.5. The van der Waals surface area contributed by atoms with E-state index in [0.29, 0.717) is 103 Å². The predicted octanol–water partition coefficient (Wildman–Crippen LogP) is 11.3. The van der Waals surface area contributed by atoms with Crippen LogP contribution in [0.25, 0.3) is 77.2 Å². The fraction of sp³-hybridized carbons (Fsp3) is 0.419. The zero-order valence-electron chi connectivity index (χ0n) is 75.0. The molecule has 5 atom stereocenters. The molecule has 48 heteroatoms. The van der Waals surface area contributed by atoms with E-state index in [9.17, 15) is 37.7 Å². The standard InChI is InChI=1S/C14H19N5O.C13H18ClN5O.C13H19N5O.C12H15ClFN5O.C12H14F3N5.C12H15N5O.C10H13N5O2/c1-3-6-9(11(20)4-2)17-13-12-10(7-5-8-16-12)18-14(15)19-13;1-2-3-4-9(7-20)17-12-11-10(18-13(15)19-12)5-8(14)6-16-11;1-3-4-9(7-19)16-12-11-10(17-13(14)18-12)6-5-8(2)15-11;1-2-3-6(5-20)16-11-9-8(17-12(15)19-11)4-7(14)10(13)18-9;1-2-3-6-17-10-9-7(18-11(16)20-10)4-5-8(19-9)12(13,14)15;13-12-16-9-4-1-5-14-10(9)11(17-12)15-7-8-3-2-6-18-8;11-10-14-7-2-1-3-12-8(7)9(15-10)13-6(4-16)5-17/h5,7-9H,3-4,6H2,1-2H3,(H3,15,17,18,19);5-6,9,20H,2-4,7H2,1H3,(H3,15,17,18,19);5-6,9,19H,3-4,7H2,1-2H3,(H3,14,16,17,18);4,6,20H,2-3,5H2,1H3,(H3,15,16,17,19);4-5H,2-3,6H2,1H3,(H3,16,17,18,20);1,4-5,8H,2-3,6-7H2,(H3,13,15,16,17);1-3,6,16-17H,4-5H2,(H3,11,13,14,15)/t3*9-;6-;;;/m0100.../s1. The number of ether oxygens (including phenoxy) is 1. The Morgan fingerprint density at radius 3 is 1.28 bits per heavy atom. The van der Waals surface area contributed by atoms with Gasteiger partial charge in [0, 0.05) is 62.7 Å². The second kappa shape index (κ2) is 52.0. The molecule has 1 unspecified atom stereocenters. The number of halogens is 6. The van der Waals surface area contributed by atoms with E-state index in [-0.39, 0.29) is 138 Å². The van der Waals surface area contributed by atoms with Crippen molar-refractivity contribution in [2.75, 3.05) is 130 Å². The minimum absolute atomic E-state index is 0.00180. The molecule has 14 aromatic rings.